The maximum atomic E-state index is 5.85. The highest BCUT2D eigenvalue weighted by Crippen LogP contribution is 2.39. The number of nitrogens with zero attached hydrogens (tertiary/aromatic N) is 2. The second kappa shape index (κ2) is 5.08. The standard InChI is InChI=1S/C15H23N3O/c1-9(2)13-8-10(3)16-15(18-13)17-12-6-7-19-14(12)11-4-5-11/h8-9,11-12,14H,4-7H2,1-3H3,(H,16,17,18). The third-order valence-corrected chi connectivity index (χ3v) is 4.00. The summed E-state index contributed by atoms with van der Waals surface area (Å²) in [5, 5.41) is 3.50. The van der Waals surface area contributed by atoms with Crippen LogP contribution in [-0.2, 0) is 4.74 Å². The number of aromatic nitrogens is 2. The van der Waals surface area contributed by atoms with E-state index in [1.165, 1.54) is 12.8 Å². The molecule has 2 aliphatic rings. The van der Waals surface area contributed by atoms with Crippen LogP contribution >= 0.6 is 0 Å². The Bertz CT molecular complexity index is 457. The molecule has 2 unspecified atom stereocenters. The summed E-state index contributed by atoms with van der Waals surface area (Å²) in [6.45, 7) is 7.22. The normalized spacial score (nSPS) is 26.9. The molecular weight excluding hydrogens is 238 g/mol. The molecule has 1 N–H and O–H groups in total. The number of aryl methyl sites for hydroxylation is 1. The molecule has 4 nitrogen and oxygen atoms in total. The van der Waals surface area contributed by atoms with E-state index in [1.807, 2.05) is 6.92 Å². The van der Waals surface area contributed by atoms with Gasteiger partial charge in [0.05, 0.1) is 12.1 Å². The van der Waals surface area contributed by atoms with Crippen LogP contribution < -0.4 is 5.32 Å². The van der Waals surface area contributed by atoms with Gasteiger partial charge in [0, 0.05) is 18.0 Å². The summed E-state index contributed by atoms with van der Waals surface area (Å²) in [5.41, 5.74) is 2.14. The van der Waals surface area contributed by atoms with E-state index >= 15 is 0 Å². The van der Waals surface area contributed by atoms with Crippen LogP contribution in [0.15, 0.2) is 6.07 Å². The molecule has 2 fully saturated rings. The quantitative estimate of drug-likeness (QED) is 0.905. The molecule has 1 saturated heterocycles. The Kier molecular flexibility index (Phi) is 3.44. The Morgan fingerprint density at radius 1 is 1.26 bits per heavy atom. The van der Waals surface area contributed by atoms with E-state index in [0.29, 0.717) is 18.1 Å². The molecule has 2 atom stereocenters. The first-order valence-corrected chi connectivity index (χ1v) is 7.37. The van der Waals surface area contributed by atoms with Crippen LogP contribution in [0.4, 0.5) is 5.95 Å². The lowest BCUT2D eigenvalue weighted by molar-refractivity contribution is 0.0897. The van der Waals surface area contributed by atoms with E-state index in [0.717, 1.165) is 36.3 Å². The molecule has 2 heterocycles. The summed E-state index contributed by atoms with van der Waals surface area (Å²) < 4.78 is 5.85. The summed E-state index contributed by atoms with van der Waals surface area (Å²) >= 11 is 0. The zero-order valence-electron chi connectivity index (χ0n) is 12.0. The van der Waals surface area contributed by atoms with Gasteiger partial charge in [-0.2, -0.15) is 0 Å². The maximum absolute atomic E-state index is 5.85. The van der Waals surface area contributed by atoms with Gasteiger partial charge >= 0.3 is 0 Å². The fourth-order valence-corrected chi connectivity index (χ4v) is 2.77. The summed E-state index contributed by atoms with van der Waals surface area (Å²) in [6, 6.07) is 2.45. The molecular formula is C15H23N3O. The monoisotopic (exact) mass is 261 g/mol. The van der Waals surface area contributed by atoms with Crippen LogP contribution in [0, 0.1) is 12.8 Å². The number of rotatable bonds is 4. The van der Waals surface area contributed by atoms with E-state index in [2.05, 4.69) is 35.2 Å². The number of hydrogen-bond donors (Lipinski definition) is 1. The molecule has 1 aromatic heterocycles. The summed E-state index contributed by atoms with van der Waals surface area (Å²) in [7, 11) is 0. The van der Waals surface area contributed by atoms with Gasteiger partial charge in [-0.1, -0.05) is 13.8 Å². The van der Waals surface area contributed by atoms with Gasteiger partial charge in [0.25, 0.3) is 0 Å². The first-order valence-electron chi connectivity index (χ1n) is 7.37. The van der Waals surface area contributed by atoms with Gasteiger partial charge in [-0.05, 0) is 44.1 Å². The number of hydrogen-bond acceptors (Lipinski definition) is 4. The van der Waals surface area contributed by atoms with Crippen molar-refractivity contribution in [2.75, 3.05) is 11.9 Å². The molecule has 0 bridgehead atoms. The second-order valence-corrected chi connectivity index (χ2v) is 6.12. The molecule has 3 rings (SSSR count). The van der Waals surface area contributed by atoms with Crippen molar-refractivity contribution in [3.05, 3.63) is 17.5 Å². The Hall–Kier alpha value is -1.16. The first kappa shape index (κ1) is 12.9. The predicted octanol–water partition coefficient (Wildman–Crippen LogP) is 2.89. The van der Waals surface area contributed by atoms with Crippen LogP contribution in [0.25, 0.3) is 0 Å². The largest absolute Gasteiger partial charge is 0.376 e. The summed E-state index contributed by atoms with van der Waals surface area (Å²) in [5.74, 6) is 1.96. The van der Waals surface area contributed by atoms with Crippen molar-refractivity contribution in [2.45, 2.75) is 58.1 Å². The van der Waals surface area contributed by atoms with Gasteiger partial charge in [0.1, 0.15) is 0 Å². The SMILES string of the molecule is Cc1cc(C(C)C)nc(NC2CCOC2C2CC2)n1. The number of nitrogens with one attached hydrogen (secondary N) is 1. The highest BCUT2D eigenvalue weighted by atomic mass is 16.5. The van der Waals surface area contributed by atoms with E-state index in [9.17, 15) is 0 Å². The lowest BCUT2D eigenvalue weighted by Gasteiger charge is -2.20. The van der Waals surface area contributed by atoms with Crippen molar-refractivity contribution in [3.8, 4) is 0 Å². The van der Waals surface area contributed by atoms with E-state index in [1.54, 1.807) is 0 Å². The van der Waals surface area contributed by atoms with Gasteiger partial charge < -0.3 is 10.1 Å². The average molecular weight is 261 g/mol. The van der Waals surface area contributed by atoms with Crippen molar-refractivity contribution in [1.82, 2.24) is 9.97 Å². The Morgan fingerprint density at radius 2 is 2.05 bits per heavy atom. The second-order valence-electron chi connectivity index (χ2n) is 6.12. The number of ether oxygens (including phenoxy) is 1. The van der Waals surface area contributed by atoms with Gasteiger partial charge in [-0.25, -0.2) is 9.97 Å². The lowest BCUT2D eigenvalue weighted by Crippen LogP contribution is -2.31. The van der Waals surface area contributed by atoms with Crippen molar-refractivity contribution in [1.29, 1.82) is 0 Å². The van der Waals surface area contributed by atoms with Crippen molar-refractivity contribution < 1.29 is 4.74 Å². The van der Waals surface area contributed by atoms with Crippen molar-refractivity contribution in [2.24, 2.45) is 5.92 Å². The van der Waals surface area contributed by atoms with Crippen molar-refractivity contribution >= 4 is 5.95 Å². The molecule has 4 heteroatoms. The average Bonchev–Trinajstić information content (AvgIpc) is 3.10. The molecule has 1 aliphatic heterocycles. The van der Waals surface area contributed by atoms with Crippen molar-refractivity contribution in [3.63, 3.8) is 0 Å². The van der Waals surface area contributed by atoms with E-state index in [-0.39, 0.29) is 0 Å². The zero-order valence-corrected chi connectivity index (χ0v) is 12.0. The molecule has 1 aliphatic carbocycles. The molecule has 1 aromatic rings. The minimum Gasteiger partial charge on any atom is -0.376 e. The van der Waals surface area contributed by atoms with E-state index < -0.39 is 0 Å². The van der Waals surface area contributed by atoms with E-state index in [4.69, 9.17) is 4.74 Å². The predicted molar refractivity (Wildman–Crippen MR) is 75.3 cm³/mol. The number of anilines is 1. The minimum atomic E-state index is 0.367. The molecule has 19 heavy (non-hydrogen) atoms. The van der Waals surface area contributed by atoms with Crippen LogP contribution in [0.5, 0.6) is 0 Å². The molecule has 104 valence electrons. The molecule has 0 aromatic carbocycles. The first-order chi connectivity index (χ1) is 9.13. The van der Waals surface area contributed by atoms with Gasteiger partial charge in [-0.15, -0.1) is 0 Å². The Labute approximate surface area is 115 Å². The fraction of sp³-hybridized carbons (Fsp3) is 0.733. The summed E-state index contributed by atoms with van der Waals surface area (Å²) in [6.07, 6.45) is 4.06. The summed E-state index contributed by atoms with van der Waals surface area (Å²) in [4.78, 5) is 9.15. The fourth-order valence-electron chi connectivity index (χ4n) is 2.77. The lowest BCUT2D eigenvalue weighted by atomic mass is 10.1. The highest BCUT2D eigenvalue weighted by molar-refractivity contribution is 5.31. The molecule has 0 amide bonds. The smallest absolute Gasteiger partial charge is 0.223 e. The van der Waals surface area contributed by atoms with Crippen LogP contribution in [0.2, 0.25) is 0 Å². The Morgan fingerprint density at radius 3 is 2.74 bits per heavy atom. The molecule has 1 saturated carbocycles. The van der Waals surface area contributed by atoms with Gasteiger partial charge in [0.2, 0.25) is 5.95 Å². The third-order valence-electron chi connectivity index (χ3n) is 4.00. The minimum absolute atomic E-state index is 0.367. The highest BCUT2D eigenvalue weighted by Gasteiger charge is 2.40. The van der Waals surface area contributed by atoms with Crippen LogP contribution in [0.1, 0.15) is 50.4 Å². The Balaban J connectivity index is 1.75. The van der Waals surface area contributed by atoms with Gasteiger partial charge in [0.15, 0.2) is 0 Å². The van der Waals surface area contributed by atoms with Gasteiger partial charge in [-0.3, -0.25) is 0 Å². The van der Waals surface area contributed by atoms with Crippen LogP contribution in [-0.4, -0.2) is 28.7 Å². The van der Waals surface area contributed by atoms with Crippen LogP contribution in [0.3, 0.4) is 0 Å². The zero-order chi connectivity index (χ0) is 13.4. The third kappa shape index (κ3) is 2.89. The maximum Gasteiger partial charge on any atom is 0.223 e. The molecule has 0 radical (unpaired) electrons. The molecule has 0 spiro atoms. The topological polar surface area (TPSA) is 47.0 Å².